The molecule has 0 aliphatic carbocycles. The highest BCUT2D eigenvalue weighted by molar-refractivity contribution is 9.10. The van der Waals surface area contributed by atoms with Crippen LogP contribution in [0.1, 0.15) is 17.2 Å². The molecule has 2 heterocycles. The molecule has 24 heavy (non-hydrogen) atoms. The molecule has 6 heteroatoms. The third kappa shape index (κ3) is 2.59. The second kappa shape index (κ2) is 6.18. The highest BCUT2D eigenvalue weighted by atomic mass is 79.9. The Bertz CT molecular complexity index is 866. The number of hydrogen-bond donors (Lipinski definition) is 2. The number of hydrogen-bond acceptors (Lipinski definition) is 3. The maximum atomic E-state index is 12.2. The number of nitrogens with one attached hydrogen (secondary N) is 2. The van der Waals surface area contributed by atoms with Crippen LogP contribution in [0.15, 0.2) is 57.4 Å². The highest BCUT2D eigenvalue weighted by Gasteiger charge is 2.32. The Morgan fingerprint density at radius 2 is 2.08 bits per heavy atom. The molecule has 2 aliphatic rings. The van der Waals surface area contributed by atoms with Crippen LogP contribution in [0.5, 0.6) is 5.75 Å². The van der Waals surface area contributed by atoms with Gasteiger partial charge in [0.05, 0.1) is 23.3 Å². The predicted octanol–water partition coefficient (Wildman–Crippen LogP) is 4.33. The van der Waals surface area contributed by atoms with Gasteiger partial charge in [-0.3, -0.25) is 0 Å². The third-order valence-electron chi connectivity index (χ3n) is 4.23. The monoisotopic (exact) mass is 402 g/mol. The van der Waals surface area contributed by atoms with Crippen LogP contribution >= 0.6 is 27.7 Å². The molecule has 0 fully saturated rings. The third-order valence-corrected chi connectivity index (χ3v) is 5.97. The van der Waals surface area contributed by atoms with Crippen LogP contribution < -0.4 is 15.4 Å². The summed E-state index contributed by atoms with van der Waals surface area (Å²) >= 11 is 5.33. The fraction of sp³-hybridized carbons (Fsp3) is 0.167. The van der Waals surface area contributed by atoms with E-state index in [1.807, 2.05) is 30.3 Å². The van der Waals surface area contributed by atoms with Crippen molar-refractivity contribution in [1.82, 2.24) is 10.6 Å². The molecule has 0 saturated heterocycles. The largest absolute Gasteiger partial charge is 0.496 e. The maximum absolute atomic E-state index is 12.2. The van der Waals surface area contributed by atoms with Crippen LogP contribution in [-0.2, 0) is 0 Å². The van der Waals surface area contributed by atoms with Gasteiger partial charge >= 0.3 is 6.03 Å². The molecule has 0 spiro atoms. The zero-order valence-corrected chi connectivity index (χ0v) is 15.3. The molecule has 4 rings (SSSR count). The molecule has 2 aliphatic heterocycles. The minimum absolute atomic E-state index is 0.142. The smallest absolute Gasteiger partial charge is 0.320 e. The predicted molar refractivity (Wildman–Crippen MR) is 99.2 cm³/mol. The van der Waals surface area contributed by atoms with Gasteiger partial charge in [0.25, 0.3) is 0 Å². The van der Waals surface area contributed by atoms with Crippen molar-refractivity contribution in [3.8, 4) is 5.75 Å². The average molecular weight is 403 g/mol. The second-order valence-corrected chi connectivity index (χ2v) is 7.48. The number of halogens is 1. The summed E-state index contributed by atoms with van der Waals surface area (Å²) in [6.45, 7) is 0. The van der Waals surface area contributed by atoms with Gasteiger partial charge in [0.1, 0.15) is 5.75 Å². The van der Waals surface area contributed by atoms with Crippen LogP contribution in [0.25, 0.3) is 5.70 Å². The van der Waals surface area contributed by atoms with Gasteiger partial charge in [-0.05, 0) is 45.3 Å². The fourth-order valence-corrected chi connectivity index (χ4v) is 4.77. The molecule has 2 aromatic rings. The highest BCUT2D eigenvalue weighted by Crippen LogP contribution is 2.42. The number of ether oxygens (including phenoxy) is 1. The molecule has 4 nitrogen and oxygen atoms in total. The van der Waals surface area contributed by atoms with Gasteiger partial charge in [-0.2, -0.15) is 0 Å². The minimum atomic E-state index is -0.174. The first-order valence-corrected chi connectivity index (χ1v) is 9.31. The maximum Gasteiger partial charge on any atom is 0.320 e. The molecular formula is C18H15BrN2O2S. The lowest BCUT2D eigenvalue weighted by molar-refractivity contribution is 0.240. The molecule has 2 aromatic carbocycles. The van der Waals surface area contributed by atoms with Crippen LogP contribution in [0.2, 0.25) is 0 Å². The molecule has 122 valence electrons. The summed E-state index contributed by atoms with van der Waals surface area (Å²) in [6, 6.07) is 13.8. The fourth-order valence-electron chi connectivity index (χ4n) is 3.09. The van der Waals surface area contributed by atoms with E-state index in [4.69, 9.17) is 4.74 Å². The first-order chi connectivity index (χ1) is 11.7. The molecular weight excluding hydrogens is 388 g/mol. The number of amides is 2. The van der Waals surface area contributed by atoms with Crippen molar-refractivity contribution in [2.75, 3.05) is 12.9 Å². The lowest BCUT2D eigenvalue weighted by atomic mass is 9.93. The Labute approximate surface area is 152 Å². The first-order valence-electron chi connectivity index (χ1n) is 7.53. The van der Waals surface area contributed by atoms with Crippen LogP contribution in [0.3, 0.4) is 0 Å². The van der Waals surface area contributed by atoms with Crippen molar-refractivity contribution in [2.24, 2.45) is 0 Å². The van der Waals surface area contributed by atoms with Crippen molar-refractivity contribution in [1.29, 1.82) is 0 Å². The molecule has 0 saturated carbocycles. The minimum Gasteiger partial charge on any atom is -0.496 e. The van der Waals surface area contributed by atoms with E-state index in [-0.39, 0.29) is 12.1 Å². The van der Waals surface area contributed by atoms with Gasteiger partial charge in [0.15, 0.2) is 0 Å². The number of rotatable bonds is 2. The lowest BCUT2D eigenvalue weighted by Gasteiger charge is -2.34. The number of urea groups is 1. The van der Waals surface area contributed by atoms with Crippen LogP contribution in [0.4, 0.5) is 4.79 Å². The summed E-state index contributed by atoms with van der Waals surface area (Å²) in [4.78, 5) is 13.4. The lowest BCUT2D eigenvalue weighted by Crippen LogP contribution is -2.44. The number of methoxy groups -OCH3 is 1. The summed E-state index contributed by atoms with van der Waals surface area (Å²) in [6.07, 6.45) is 0. The Hall–Kier alpha value is -1.92. The number of thioether (sulfide) groups is 1. The standard InChI is InChI=1S/C18H15BrN2O2S/c1-23-14-7-6-10(8-13(14)19)16-12-9-24-15-5-3-2-4-11(15)17(12)21-18(22)20-16/h2-8,16H,9H2,1H3,(H2,20,21,22). The van der Waals surface area contributed by atoms with E-state index in [9.17, 15) is 4.79 Å². The van der Waals surface area contributed by atoms with Crippen molar-refractivity contribution >= 4 is 39.4 Å². The Morgan fingerprint density at radius 1 is 1.25 bits per heavy atom. The summed E-state index contributed by atoms with van der Waals surface area (Å²) in [5, 5.41) is 6.04. The number of fused-ring (bicyclic) bond motifs is 2. The van der Waals surface area contributed by atoms with Crippen LogP contribution in [-0.4, -0.2) is 18.9 Å². The van der Waals surface area contributed by atoms with E-state index in [0.29, 0.717) is 0 Å². The van der Waals surface area contributed by atoms with E-state index >= 15 is 0 Å². The van der Waals surface area contributed by atoms with Gasteiger partial charge in [0, 0.05) is 16.2 Å². The molecule has 2 amide bonds. The van der Waals surface area contributed by atoms with Crippen LogP contribution in [0, 0.1) is 0 Å². The van der Waals surface area contributed by atoms with Crippen molar-refractivity contribution in [2.45, 2.75) is 10.9 Å². The van der Waals surface area contributed by atoms with Gasteiger partial charge in [-0.25, -0.2) is 4.79 Å². The molecule has 0 aromatic heterocycles. The van der Waals surface area contributed by atoms with E-state index in [1.165, 1.54) is 10.5 Å². The SMILES string of the molecule is COc1ccc(C2NC(=O)NC3=C2CSc2ccccc23)cc1Br. The molecule has 2 N–H and O–H groups in total. The molecule has 1 unspecified atom stereocenters. The molecule has 0 bridgehead atoms. The van der Waals surface area contributed by atoms with Gasteiger partial charge in [0.2, 0.25) is 0 Å². The summed E-state index contributed by atoms with van der Waals surface area (Å²) in [7, 11) is 1.64. The Morgan fingerprint density at radius 3 is 2.88 bits per heavy atom. The van der Waals surface area contributed by atoms with Crippen molar-refractivity contribution in [3.05, 3.63) is 63.6 Å². The summed E-state index contributed by atoms with van der Waals surface area (Å²) in [5.41, 5.74) is 4.25. The van der Waals surface area contributed by atoms with Gasteiger partial charge in [-0.15, -0.1) is 11.8 Å². The Kier molecular flexibility index (Phi) is 4.02. The average Bonchev–Trinajstić information content (AvgIpc) is 2.61. The topological polar surface area (TPSA) is 50.4 Å². The quantitative estimate of drug-likeness (QED) is 0.785. The normalized spacial score (nSPS) is 19.1. The summed E-state index contributed by atoms with van der Waals surface area (Å²) < 4.78 is 6.18. The van der Waals surface area contributed by atoms with E-state index < -0.39 is 0 Å². The van der Waals surface area contributed by atoms with Crippen molar-refractivity contribution < 1.29 is 9.53 Å². The zero-order valence-electron chi connectivity index (χ0n) is 12.9. The molecule has 1 atom stereocenters. The van der Waals surface area contributed by atoms with E-state index in [2.05, 4.69) is 38.7 Å². The van der Waals surface area contributed by atoms with E-state index in [0.717, 1.165) is 32.8 Å². The van der Waals surface area contributed by atoms with Crippen molar-refractivity contribution in [3.63, 3.8) is 0 Å². The summed E-state index contributed by atoms with van der Waals surface area (Å²) in [5.74, 6) is 1.62. The van der Waals surface area contributed by atoms with Gasteiger partial charge in [-0.1, -0.05) is 24.3 Å². The number of benzene rings is 2. The van der Waals surface area contributed by atoms with Gasteiger partial charge < -0.3 is 15.4 Å². The first kappa shape index (κ1) is 15.6. The zero-order chi connectivity index (χ0) is 16.7. The van der Waals surface area contributed by atoms with E-state index in [1.54, 1.807) is 18.9 Å². The number of carbonyl (C=O) groups is 1. The number of carbonyl (C=O) groups excluding carboxylic acids is 1. The second-order valence-electron chi connectivity index (χ2n) is 5.61. The Balaban J connectivity index is 1.82. The molecule has 0 radical (unpaired) electrons.